The standard InChI is InChI=1S/C21H23N5O4/c1-12-16(13(2)30-25-12)10-18-19(11-22-24-18)26-20(27)17(23-21(26)28)8-7-14-5-4-6-15(9-14)29-3/h4-6,9,11,17H,7-8,10H2,1-3H3,(H,22,24)(H,23,28). The number of H-pyrrole nitrogens is 1. The molecule has 3 amide bonds. The van der Waals surface area contributed by atoms with E-state index in [9.17, 15) is 9.59 Å². The number of aryl methyl sites for hydroxylation is 3. The van der Waals surface area contributed by atoms with Crippen molar-refractivity contribution in [2.75, 3.05) is 12.0 Å². The second-order valence-electron chi connectivity index (χ2n) is 7.28. The Morgan fingerprint density at radius 1 is 1.27 bits per heavy atom. The predicted molar refractivity (Wildman–Crippen MR) is 108 cm³/mol. The molecule has 4 rings (SSSR count). The maximum Gasteiger partial charge on any atom is 0.329 e. The number of imide groups is 1. The van der Waals surface area contributed by atoms with E-state index in [1.165, 1.54) is 6.20 Å². The fourth-order valence-electron chi connectivity index (χ4n) is 3.65. The molecule has 2 N–H and O–H groups in total. The quantitative estimate of drug-likeness (QED) is 0.580. The molecule has 156 valence electrons. The zero-order valence-corrected chi connectivity index (χ0v) is 17.1. The average molecular weight is 409 g/mol. The minimum absolute atomic E-state index is 0.288. The number of aromatic nitrogens is 3. The third-order valence-electron chi connectivity index (χ3n) is 5.35. The van der Waals surface area contributed by atoms with Gasteiger partial charge in [-0.1, -0.05) is 17.3 Å². The summed E-state index contributed by atoms with van der Waals surface area (Å²) in [5, 5.41) is 13.7. The van der Waals surface area contributed by atoms with Gasteiger partial charge in [-0.2, -0.15) is 5.10 Å². The van der Waals surface area contributed by atoms with Gasteiger partial charge < -0.3 is 14.6 Å². The third kappa shape index (κ3) is 3.66. The lowest BCUT2D eigenvalue weighted by Gasteiger charge is -2.13. The maximum atomic E-state index is 13.0. The van der Waals surface area contributed by atoms with Gasteiger partial charge in [-0.15, -0.1) is 0 Å². The largest absolute Gasteiger partial charge is 0.497 e. The average Bonchev–Trinajstić information content (AvgIpc) is 3.40. The van der Waals surface area contributed by atoms with Gasteiger partial charge in [0.15, 0.2) is 0 Å². The second kappa shape index (κ2) is 8.02. The summed E-state index contributed by atoms with van der Waals surface area (Å²) in [4.78, 5) is 26.7. The first-order valence-electron chi connectivity index (χ1n) is 9.69. The van der Waals surface area contributed by atoms with E-state index in [0.29, 0.717) is 36.4 Å². The first-order chi connectivity index (χ1) is 14.5. The summed E-state index contributed by atoms with van der Waals surface area (Å²) < 4.78 is 10.4. The number of hydrogen-bond donors (Lipinski definition) is 2. The van der Waals surface area contributed by atoms with E-state index in [-0.39, 0.29) is 5.91 Å². The number of methoxy groups -OCH3 is 1. The van der Waals surface area contributed by atoms with Crippen LogP contribution in [0.4, 0.5) is 10.5 Å². The number of carbonyl (C=O) groups excluding carboxylic acids is 2. The van der Waals surface area contributed by atoms with E-state index in [1.807, 2.05) is 38.1 Å². The monoisotopic (exact) mass is 409 g/mol. The van der Waals surface area contributed by atoms with Crippen molar-refractivity contribution in [3.05, 3.63) is 58.7 Å². The van der Waals surface area contributed by atoms with Gasteiger partial charge in [0.05, 0.1) is 30.4 Å². The molecule has 2 aromatic heterocycles. The van der Waals surface area contributed by atoms with Crippen LogP contribution in [0.5, 0.6) is 5.75 Å². The van der Waals surface area contributed by atoms with E-state index in [1.54, 1.807) is 7.11 Å². The molecule has 3 aromatic rings. The van der Waals surface area contributed by atoms with Gasteiger partial charge in [-0.25, -0.2) is 9.69 Å². The topological polar surface area (TPSA) is 113 Å². The highest BCUT2D eigenvalue weighted by atomic mass is 16.5. The van der Waals surface area contributed by atoms with Crippen molar-refractivity contribution < 1.29 is 18.8 Å². The van der Waals surface area contributed by atoms with Crippen LogP contribution in [0.2, 0.25) is 0 Å². The Morgan fingerprint density at radius 2 is 2.10 bits per heavy atom. The minimum Gasteiger partial charge on any atom is -0.497 e. The molecular formula is C21H23N5O4. The summed E-state index contributed by atoms with van der Waals surface area (Å²) >= 11 is 0. The summed E-state index contributed by atoms with van der Waals surface area (Å²) in [6.07, 6.45) is 3.06. The van der Waals surface area contributed by atoms with Gasteiger partial charge in [0.1, 0.15) is 17.6 Å². The molecular weight excluding hydrogens is 386 g/mol. The number of anilines is 1. The number of hydrogen-bond acceptors (Lipinski definition) is 6. The van der Waals surface area contributed by atoms with Crippen LogP contribution in [-0.2, 0) is 17.6 Å². The third-order valence-corrected chi connectivity index (χ3v) is 5.35. The van der Waals surface area contributed by atoms with Gasteiger partial charge in [0.25, 0.3) is 5.91 Å². The van der Waals surface area contributed by atoms with E-state index in [2.05, 4.69) is 20.7 Å². The van der Waals surface area contributed by atoms with Gasteiger partial charge >= 0.3 is 6.03 Å². The van der Waals surface area contributed by atoms with Crippen molar-refractivity contribution in [1.82, 2.24) is 20.7 Å². The molecule has 9 heteroatoms. The number of benzene rings is 1. The molecule has 1 saturated heterocycles. The van der Waals surface area contributed by atoms with E-state index < -0.39 is 12.1 Å². The fourth-order valence-corrected chi connectivity index (χ4v) is 3.65. The number of nitrogens with zero attached hydrogens (tertiary/aromatic N) is 3. The van der Waals surface area contributed by atoms with Crippen LogP contribution in [0.3, 0.4) is 0 Å². The minimum atomic E-state index is -0.592. The predicted octanol–water partition coefficient (Wildman–Crippen LogP) is 2.67. The zero-order chi connectivity index (χ0) is 21.3. The number of rotatable bonds is 7. The number of nitrogens with one attached hydrogen (secondary N) is 2. The first-order valence-corrected chi connectivity index (χ1v) is 9.69. The van der Waals surface area contributed by atoms with Crippen molar-refractivity contribution in [3.8, 4) is 5.75 Å². The van der Waals surface area contributed by atoms with Crippen LogP contribution in [0.1, 0.15) is 34.7 Å². The maximum absolute atomic E-state index is 13.0. The van der Waals surface area contributed by atoms with Crippen molar-refractivity contribution in [1.29, 1.82) is 0 Å². The molecule has 0 radical (unpaired) electrons. The highest BCUT2D eigenvalue weighted by Crippen LogP contribution is 2.27. The molecule has 9 nitrogen and oxygen atoms in total. The first kappa shape index (κ1) is 19.7. The fraction of sp³-hybridized carbons (Fsp3) is 0.333. The molecule has 1 aliphatic rings. The summed E-state index contributed by atoms with van der Waals surface area (Å²) in [6, 6.07) is 6.63. The van der Waals surface area contributed by atoms with Gasteiger partial charge in [0.2, 0.25) is 0 Å². The van der Waals surface area contributed by atoms with Gasteiger partial charge in [-0.05, 0) is 44.4 Å². The molecule has 0 bridgehead atoms. The van der Waals surface area contributed by atoms with Crippen LogP contribution in [0.25, 0.3) is 0 Å². The lowest BCUT2D eigenvalue weighted by Crippen LogP contribution is -2.32. The highest BCUT2D eigenvalue weighted by Gasteiger charge is 2.40. The SMILES string of the molecule is COc1cccc(CCC2NC(=O)N(c3cn[nH]c3Cc3c(C)noc3C)C2=O)c1. The highest BCUT2D eigenvalue weighted by molar-refractivity contribution is 6.21. The lowest BCUT2D eigenvalue weighted by molar-refractivity contribution is -0.118. The Hall–Kier alpha value is -3.62. The number of carbonyl (C=O) groups is 2. The number of amides is 3. The van der Waals surface area contributed by atoms with E-state index in [4.69, 9.17) is 9.26 Å². The van der Waals surface area contributed by atoms with Gasteiger partial charge in [0, 0.05) is 12.0 Å². The Balaban J connectivity index is 1.49. The van der Waals surface area contributed by atoms with Crippen molar-refractivity contribution in [3.63, 3.8) is 0 Å². The zero-order valence-electron chi connectivity index (χ0n) is 17.1. The lowest BCUT2D eigenvalue weighted by atomic mass is 10.0. The van der Waals surface area contributed by atoms with Crippen molar-refractivity contribution in [2.24, 2.45) is 0 Å². The molecule has 30 heavy (non-hydrogen) atoms. The number of aromatic amines is 1. The van der Waals surface area contributed by atoms with Crippen LogP contribution in [-0.4, -0.2) is 40.4 Å². The van der Waals surface area contributed by atoms with E-state index >= 15 is 0 Å². The van der Waals surface area contributed by atoms with Crippen LogP contribution < -0.4 is 15.0 Å². The molecule has 0 spiro atoms. The van der Waals surface area contributed by atoms with Crippen LogP contribution >= 0.6 is 0 Å². The normalized spacial score (nSPS) is 16.2. The Kier molecular flexibility index (Phi) is 5.26. The molecule has 0 saturated carbocycles. The smallest absolute Gasteiger partial charge is 0.329 e. The van der Waals surface area contributed by atoms with Crippen molar-refractivity contribution >= 4 is 17.6 Å². The summed E-state index contributed by atoms with van der Waals surface area (Å²) in [7, 11) is 1.61. The molecule has 1 unspecified atom stereocenters. The van der Waals surface area contributed by atoms with Crippen LogP contribution in [0.15, 0.2) is 35.0 Å². The van der Waals surface area contributed by atoms with Crippen LogP contribution in [0, 0.1) is 13.8 Å². The summed E-state index contributed by atoms with van der Waals surface area (Å²) in [5.74, 6) is 1.17. The molecule has 0 aliphatic carbocycles. The molecule has 1 aliphatic heterocycles. The summed E-state index contributed by atoms with van der Waals surface area (Å²) in [5.41, 5.74) is 3.81. The molecule has 1 aromatic carbocycles. The van der Waals surface area contributed by atoms with Gasteiger partial charge in [-0.3, -0.25) is 9.89 Å². The van der Waals surface area contributed by atoms with E-state index in [0.717, 1.165) is 27.5 Å². The number of urea groups is 1. The summed E-state index contributed by atoms with van der Waals surface area (Å²) in [6.45, 7) is 3.68. The van der Waals surface area contributed by atoms with Crippen molar-refractivity contribution in [2.45, 2.75) is 39.2 Å². The Morgan fingerprint density at radius 3 is 2.83 bits per heavy atom. The molecule has 1 atom stereocenters. The molecule has 1 fully saturated rings. The second-order valence-corrected chi connectivity index (χ2v) is 7.28. The number of ether oxygens (including phenoxy) is 1. The molecule has 3 heterocycles. The Labute approximate surface area is 173 Å². The Bertz CT molecular complexity index is 1070.